The third-order valence-electron chi connectivity index (χ3n) is 2.56. The first-order chi connectivity index (χ1) is 6.72. The minimum Gasteiger partial charge on any atom is -0.356 e. The normalized spacial score (nSPS) is 15.6. The molecule has 0 atom stereocenters. The highest BCUT2D eigenvalue weighted by Crippen LogP contribution is 2.31. The standard InChI is InChI=1S/C10H14BrN3/c1-14(9-2-3-9)10-7(5-12)4-8(11)6-13-10/h4,6,9H,2-3,5,12H2,1H3. The molecule has 0 aromatic carbocycles. The van der Waals surface area contributed by atoms with E-state index in [1.807, 2.05) is 12.3 Å². The maximum atomic E-state index is 5.69. The van der Waals surface area contributed by atoms with Gasteiger partial charge in [-0.05, 0) is 34.8 Å². The molecule has 0 spiro atoms. The van der Waals surface area contributed by atoms with Gasteiger partial charge in [0.15, 0.2) is 0 Å². The van der Waals surface area contributed by atoms with Crippen molar-refractivity contribution in [3.63, 3.8) is 0 Å². The molecule has 0 unspecified atom stereocenters. The van der Waals surface area contributed by atoms with E-state index in [4.69, 9.17) is 5.73 Å². The van der Waals surface area contributed by atoms with Crippen molar-refractivity contribution < 1.29 is 0 Å². The van der Waals surface area contributed by atoms with Crippen LogP contribution in [0.2, 0.25) is 0 Å². The van der Waals surface area contributed by atoms with Gasteiger partial charge in [0.25, 0.3) is 0 Å². The average molecular weight is 256 g/mol. The topological polar surface area (TPSA) is 42.2 Å². The van der Waals surface area contributed by atoms with Gasteiger partial charge in [0.05, 0.1) is 0 Å². The summed E-state index contributed by atoms with van der Waals surface area (Å²) in [6.45, 7) is 0.541. The first-order valence-electron chi connectivity index (χ1n) is 4.79. The largest absolute Gasteiger partial charge is 0.356 e. The molecule has 2 N–H and O–H groups in total. The number of hydrogen-bond donors (Lipinski definition) is 1. The van der Waals surface area contributed by atoms with Crippen molar-refractivity contribution in [1.29, 1.82) is 0 Å². The van der Waals surface area contributed by atoms with E-state index in [1.54, 1.807) is 0 Å². The Balaban J connectivity index is 2.30. The summed E-state index contributed by atoms with van der Waals surface area (Å²) in [5.41, 5.74) is 6.80. The van der Waals surface area contributed by atoms with E-state index >= 15 is 0 Å². The van der Waals surface area contributed by atoms with Gasteiger partial charge in [-0.15, -0.1) is 0 Å². The van der Waals surface area contributed by atoms with Gasteiger partial charge < -0.3 is 10.6 Å². The Morgan fingerprint density at radius 3 is 2.93 bits per heavy atom. The quantitative estimate of drug-likeness (QED) is 0.898. The van der Waals surface area contributed by atoms with Crippen LogP contribution in [-0.4, -0.2) is 18.1 Å². The summed E-state index contributed by atoms with van der Waals surface area (Å²) >= 11 is 3.40. The number of nitrogens with zero attached hydrogens (tertiary/aromatic N) is 2. The van der Waals surface area contributed by atoms with Gasteiger partial charge >= 0.3 is 0 Å². The van der Waals surface area contributed by atoms with Crippen molar-refractivity contribution in [2.24, 2.45) is 5.73 Å². The second kappa shape index (κ2) is 3.87. The van der Waals surface area contributed by atoms with E-state index in [9.17, 15) is 0 Å². The second-order valence-electron chi connectivity index (χ2n) is 3.68. The number of pyridine rings is 1. The molecule has 0 radical (unpaired) electrons. The first kappa shape index (κ1) is 9.93. The van der Waals surface area contributed by atoms with E-state index in [1.165, 1.54) is 12.8 Å². The minimum atomic E-state index is 0.541. The van der Waals surface area contributed by atoms with Crippen molar-refractivity contribution in [1.82, 2.24) is 4.98 Å². The summed E-state index contributed by atoms with van der Waals surface area (Å²) in [5, 5.41) is 0. The van der Waals surface area contributed by atoms with Crippen molar-refractivity contribution in [2.75, 3.05) is 11.9 Å². The number of aromatic nitrogens is 1. The number of anilines is 1. The summed E-state index contributed by atoms with van der Waals surface area (Å²) in [4.78, 5) is 6.64. The molecule has 1 aromatic heterocycles. The molecule has 1 fully saturated rings. The van der Waals surface area contributed by atoms with Crippen molar-refractivity contribution >= 4 is 21.7 Å². The molecular formula is C10H14BrN3. The Hall–Kier alpha value is -0.610. The smallest absolute Gasteiger partial charge is 0.133 e. The molecule has 14 heavy (non-hydrogen) atoms. The molecule has 4 heteroatoms. The highest BCUT2D eigenvalue weighted by Gasteiger charge is 2.28. The molecule has 0 amide bonds. The predicted molar refractivity (Wildman–Crippen MR) is 61.3 cm³/mol. The maximum Gasteiger partial charge on any atom is 0.133 e. The molecule has 0 aliphatic heterocycles. The zero-order chi connectivity index (χ0) is 10.1. The Labute approximate surface area is 92.4 Å². The molecule has 1 aromatic rings. The highest BCUT2D eigenvalue weighted by molar-refractivity contribution is 9.10. The average Bonchev–Trinajstić information content (AvgIpc) is 3.00. The lowest BCUT2D eigenvalue weighted by molar-refractivity contribution is 0.870. The van der Waals surface area contributed by atoms with Crippen LogP contribution in [0.4, 0.5) is 5.82 Å². The van der Waals surface area contributed by atoms with Gasteiger partial charge in [-0.25, -0.2) is 4.98 Å². The van der Waals surface area contributed by atoms with Crippen LogP contribution >= 0.6 is 15.9 Å². The summed E-state index contributed by atoms with van der Waals surface area (Å²) < 4.78 is 0.992. The van der Waals surface area contributed by atoms with E-state index in [0.717, 1.165) is 15.9 Å². The number of halogens is 1. The lowest BCUT2D eigenvalue weighted by Crippen LogP contribution is -2.22. The van der Waals surface area contributed by atoms with Crippen molar-refractivity contribution in [2.45, 2.75) is 25.4 Å². The monoisotopic (exact) mass is 255 g/mol. The fourth-order valence-corrected chi connectivity index (χ4v) is 1.96. The predicted octanol–water partition coefficient (Wildman–Crippen LogP) is 1.90. The third-order valence-corrected chi connectivity index (χ3v) is 2.99. The third kappa shape index (κ3) is 1.91. The van der Waals surface area contributed by atoms with Gasteiger partial charge in [-0.3, -0.25) is 0 Å². The lowest BCUT2D eigenvalue weighted by Gasteiger charge is -2.20. The van der Waals surface area contributed by atoms with E-state index in [2.05, 4.69) is 32.9 Å². The summed E-state index contributed by atoms with van der Waals surface area (Å²) in [6, 6.07) is 2.72. The Kier molecular flexibility index (Phi) is 2.74. The van der Waals surface area contributed by atoms with E-state index < -0.39 is 0 Å². The van der Waals surface area contributed by atoms with Gasteiger partial charge in [0.1, 0.15) is 5.82 Å². The molecule has 1 heterocycles. The first-order valence-corrected chi connectivity index (χ1v) is 5.59. The fourth-order valence-electron chi connectivity index (χ4n) is 1.58. The molecular weight excluding hydrogens is 242 g/mol. The van der Waals surface area contributed by atoms with E-state index in [-0.39, 0.29) is 0 Å². The van der Waals surface area contributed by atoms with Gasteiger partial charge in [-0.2, -0.15) is 0 Å². The van der Waals surface area contributed by atoms with Crippen LogP contribution in [0.1, 0.15) is 18.4 Å². The number of hydrogen-bond acceptors (Lipinski definition) is 3. The van der Waals surface area contributed by atoms with Crippen LogP contribution < -0.4 is 10.6 Å². The Morgan fingerprint density at radius 1 is 1.64 bits per heavy atom. The van der Waals surface area contributed by atoms with Crippen LogP contribution in [0, 0.1) is 0 Å². The lowest BCUT2D eigenvalue weighted by atomic mass is 10.2. The maximum absolute atomic E-state index is 5.69. The number of nitrogens with two attached hydrogens (primary N) is 1. The zero-order valence-electron chi connectivity index (χ0n) is 8.20. The molecule has 2 rings (SSSR count). The van der Waals surface area contributed by atoms with Crippen LogP contribution in [-0.2, 0) is 6.54 Å². The van der Waals surface area contributed by atoms with Crippen LogP contribution in [0.25, 0.3) is 0 Å². The Bertz CT molecular complexity index is 336. The summed E-state index contributed by atoms with van der Waals surface area (Å²) in [5.74, 6) is 1.03. The molecule has 0 saturated heterocycles. The van der Waals surface area contributed by atoms with Crippen LogP contribution in [0.5, 0.6) is 0 Å². The van der Waals surface area contributed by atoms with E-state index in [0.29, 0.717) is 12.6 Å². The summed E-state index contributed by atoms with van der Waals surface area (Å²) in [7, 11) is 2.09. The molecule has 1 saturated carbocycles. The second-order valence-corrected chi connectivity index (χ2v) is 4.60. The Morgan fingerprint density at radius 2 is 2.36 bits per heavy atom. The molecule has 0 bridgehead atoms. The zero-order valence-corrected chi connectivity index (χ0v) is 9.79. The molecule has 76 valence electrons. The van der Waals surface area contributed by atoms with Crippen molar-refractivity contribution in [3.8, 4) is 0 Å². The molecule has 1 aliphatic carbocycles. The SMILES string of the molecule is CN(c1ncc(Br)cc1CN)C1CC1. The van der Waals surface area contributed by atoms with Gasteiger partial charge in [-0.1, -0.05) is 0 Å². The minimum absolute atomic E-state index is 0.541. The number of rotatable bonds is 3. The van der Waals surface area contributed by atoms with Gasteiger partial charge in [0.2, 0.25) is 0 Å². The van der Waals surface area contributed by atoms with Crippen LogP contribution in [0.3, 0.4) is 0 Å². The molecule has 3 nitrogen and oxygen atoms in total. The molecule has 1 aliphatic rings. The highest BCUT2D eigenvalue weighted by atomic mass is 79.9. The summed E-state index contributed by atoms with van der Waals surface area (Å²) in [6.07, 6.45) is 4.38. The van der Waals surface area contributed by atoms with Crippen LogP contribution in [0.15, 0.2) is 16.7 Å². The van der Waals surface area contributed by atoms with Crippen molar-refractivity contribution in [3.05, 3.63) is 22.3 Å². The fraction of sp³-hybridized carbons (Fsp3) is 0.500. The van der Waals surface area contributed by atoms with Gasteiger partial charge in [0, 0.05) is 35.9 Å².